The molecule has 4 nitrogen and oxygen atoms in total. The Bertz CT molecular complexity index is 303. The van der Waals surface area contributed by atoms with Gasteiger partial charge in [0.2, 0.25) is 11.5 Å². The van der Waals surface area contributed by atoms with Gasteiger partial charge in [-0.3, -0.25) is 0 Å². The van der Waals surface area contributed by atoms with Crippen LogP contribution in [0.1, 0.15) is 5.56 Å². The third-order valence-electron chi connectivity index (χ3n) is 1.74. The van der Waals surface area contributed by atoms with Gasteiger partial charge in [-0.25, -0.2) is 0 Å². The molecule has 0 heterocycles. The highest BCUT2D eigenvalue weighted by atomic mass is 79.9. The van der Waals surface area contributed by atoms with Crippen molar-refractivity contribution in [2.24, 2.45) is 0 Å². The standard InChI is InChI=1S/C10H13BrO4/c1-12-14-9-4-3-8(5-6-11)7-10(9)15-13-2/h3-4,7H,5-6H2,1-2H3. The number of rotatable bonds is 6. The number of benzene rings is 1. The molecule has 0 amide bonds. The number of aryl methyl sites for hydroxylation is 1. The van der Waals surface area contributed by atoms with E-state index in [0.29, 0.717) is 11.5 Å². The topological polar surface area (TPSA) is 36.9 Å². The van der Waals surface area contributed by atoms with Crippen molar-refractivity contribution in [3.8, 4) is 11.5 Å². The molecule has 1 aromatic rings. The van der Waals surface area contributed by atoms with Crippen LogP contribution in [0.4, 0.5) is 0 Å². The normalized spacial score (nSPS) is 10.1. The van der Waals surface area contributed by atoms with Gasteiger partial charge >= 0.3 is 0 Å². The summed E-state index contributed by atoms with van der Waals surface area (Å²) >= 11 is 3.37. The zero-order valence-corrected chi connectivity index (χ0v) is 10.2. The Kier molecular flexibility index (Phi) is 5.45. The van der Waals surface area contributed by atoms with E-state index in [1.54, 1.807) is 6.07 Å². The maximum Gasteiger partial charge on any atom is 0.211 e. The molecule has 0 atom stereocenters. The van der Waals surface area contributed by atoms with E-state index in [2.05, 4.69) is 25.7 Å². The molecule has 0 saturated heterocycles. The van der Waals surface area contributed by atoms with Crippen molar-refractivity contribution >= 4 is 15.9 Å². The molecule has 0 unspecified atom stereocenters. The first-order valence-corrected chi connectivity index (χ1v) is 5.54. The molecule has 0 bridgehead atoms. The van der Waals surface area contributed by atoms with Crippen LogP contribution < -0.4 is 9.78 Å². The summed E-state index contributed by atoms with van der Waals surface area (Å²) in [5.41, 5.74) is 1.13. The van der Waals surface area contributed by atoms with Gasteiger partial charge in [-0.15, -0.1) is 0 Å². The highest BCUT2D eigenvalue weighted by Crippen LogP contribution is 2.28. The second-order valence-electron chi connectivity index (χ2n) is 2.72. The molecule has 5 heteroatoms. The maximum absolute atomic E-state index is 4.96. The van der Waals surface area contributed by atoms with E-state index in [9.17, 15) is 0 Å². The zero-order chi connectivity index (χ0) is 11.1. The largest absolute Gasteiger partial charge is 0.334 e. The molecule has 1 aromatic carbocycles. The fraction of sp³-hybridized carbons (Fsp3) is 0.400. The third kappa shape index (κ3) is 3.70. The van der Waals surface area contributed by atoms with Crippen LogP contribution in [-0.2, 0) is 16.2 Å². The van der Waals surface area contributed by atoms with Crippen molar-refractivity contribution in [2.75, 3.05) is 19.5 Å². The second-order valence-corrected chi connectivity index (χ2v) is 3.51. The number of halogens is 1. The van der Waals surface area contributed by atoms with Crippen molar-refractivity contribution in [1.29, 1.82) is 0 Å². The maximum atomic E-state index is 4.96. The Labute approximate surface area is 97.1 Å². The highest BCUT2D eigenvalue weighted by molar-refractivity contribution is 9.09. The molecule has 0 aliphatic rings. The van der Waals surface area contributed by atoms with Crippen LogP contribution in [0.15, 0.2) is 18.2 Å². The molecule has 0 N–H and O–H groups in total. The Morgan fingerprint density at radius 2 is 1.73 bits per heavy atom. The quantitative estimate of drug-likeness (QED) is 0.455. The lowest BCUT2D eigenvalue weighted by Gasteiger charge is -2.08. The Hall–Kier alpha value is -0.780. The minimum atomic E-state index is 0.484. The van der Waals surface area contributed by atoms with Crippen LogP contribution in [0, 0.1) is 0 Å². The van der Waals surface area contributed by atoms with Crippen molar-refractivity contribution in [2.45, 2.75) is 6.42 Å². The van der Waals surface area contributed by atoms with Gasteiger partial charge in [-0.05, 0) is 24.1 Å². The molecular formula is C10H13BrO4. The summed E-state index contributed by atoms with van der Waals surface area (Å²) in [6, 6.07) is 5.56. The van der Waals surface area contributed by atoms with E-state index in [4.69, 9.17) is 9.78 Å². The molecule has 0 fully saturated rings. The predicted molar refractivity (Wildman–Crippen MR) is 59.2 cm³/mol. The first-order chi connectivity index (χ1) is 7.31. The summed E-state index contributed by atoms with van der Waals surface area (Å²) in [7, 11) is 2.87. The van der Waals surface area contributed by atoms with E-state index >= 15 is 0 Å². The predicted octanol–water partition coefficient (Wildman–Crippen LogP) is 2.50. The molecular weight excluding hydrogens is 264 g/mol. The summed E-state index contributed by atoms with van der Waals surface area (Å²) in [5, 5.41) is 0.893. The molecule has 1 rings (SSSR count). The van der Waals surface area contributed by atoms with Gasteiger partial charge in [-0.2, -0.15) is 9.78 Å². The fourth-order valence-electron chi connectivity index (χ4n) is 1.13. The Morgan fingerprint density at radius 1 is 1.07 bits per heavy atom. The molecule has 0 aromatic heterocycles. The van der Waals surface area contributed by atoms with Crippen LogP contribution in [0.5, 0.6) is 11.5 Å². The minimum Gasteiger partial charge on any atom is -0.334 e. The summed E-state index contributed by atoms with van der Waals surface area (Å²) in [5.74, 6) is 0.982. The van der Waals surface area contributed by atoms with E-state index in [1.165, 1.54) is 14.2 Å². The number of hydrogen-bond donors (Lipinski definition) is 0. The molecule has 0 aliphatic carbocycles. The minimum absolute atomic E-state index is 0.484. The third-order valence-corrected chi connectivity index (χ3v) is 2.13. The van der Waals surface area contributed by atoms with E-state index < -0.39 is 0 Å². The number of hydrogen-bond acceptors (Lipinski definition) is 4. The SMILES string of the molecule is COOc1ccc(CCBr)cc1OOC. The zero-order valence-electron chi connectivity index (χ0n) is 8.66. The molecule has 0 radical (unpaired) electrons. The smallest absolute Gasteiger partial charge is 0.211 e. The van der Waals surface area contributed by atoms with Gasteiger partial charge in [0.15, 0.2) is 0 Å². The summed E-state index contributed by atoms with van der Waals surface area (Å²) in [6.07, 6.45) is 0.910. The van der Waals surface area contributed by atoms with Crippen LogP contribution in [0.25, 0.3) is 0 Å². The lowest BCUT2D eigenvalue weighted by Crippen LogP contribution is -1.98. The lowest BCUT2D eigenvalue weighted by atomic mass is 10.1. The number of alkyl halides is 1. The molecule has 0 saturated carbocycles. The lowest BCUT2D eigenvalue weighted by molar-refractivity contribution is -0.201. The summed E-state index contributed by atoms with van der Waals surface area (Å²) in [6.45, 7) is 0. The van der Waals surface area contributed by atoms with Crippen molar-refractivity contribution in [3.63, 3.8) is 0 Å². The van der Waals surface area contributed by atoms with E-state index in [1.807, 2.05) is 12.1 Å². The second kappa shape index (κ2) is 6.66. The first kappa shape index (κ1) is 12.3. The molecule has 15 heavy (non-hydrogen) atoms. The van der Waals surface area contributed by atoms with Crippen LogP contribution >= 0.6 is 15.9 Å². The van der Waals surface area contributed by atoms with Crippen LogP contribution in [0.2, 0.25) is 0 Å². The van der Waals surface area contributed by atoms with Crippen molar-refractivity contribution < 1.29 is 19.6 Å². The summed E-state index contributed by atoms with van der Waals surface area (Å²) < 4.78 is 0. The molecule has 84 valence electrons. The monoisotopic (exact) mass is 276 g/mol. The fourth-order valence-corrected chi connectivity index (χ4v) is 1.59. The van der Waals surface area contributed by atoms with Gasteiger partial charge in [0.05, 0.1) is 14.2 Å². The van der Waals surface area contributed by atoms with E-state index in [-0.39, 0.29) is 0 Å². The van der Waals surface area contributed by atoms with Gasteiger partial charge in [0, 0.05) is 5.33 Å². The molecule has 0 aliphatic heterocycles. The average Bonchev–Trinajstić information content (AvgIpc) is 2.23. The molecule has 0 spiro atoms. The Balaban J connectivity index is 2.87. The van der Waals surface area contributed by atoms with Crippen molar-refractivity contribution in [1.82, 2.24) is 0 Å². The van der Waals surface area contributed by atoms with Gasteiger partial charge in [-0.1, -0.05) is 22.0 Å². The van der Waals surface area contributed by atoms with Crippen LogP contribution in [-0.4, -0.2) is 19.5 Å². The van der Waals surface area contributed by atoms with Crippen molar-refractivity contribution in [3.05, 3.63) is 23.8 Å². The summed E-state index contributed by atoms with van der Waals surface area (Å²) in [4.78, 5) is 19.0. The Morgan fingerprint density at radius 3 is 2.33 bits per heavy atom. The van der Waals surface area contributed by atoms with E-state index in [0.717, 1.165) is 17.3 Å². The van der Waals surface area contributed by atoms with Gasteiger partial charge < -0.3 is 9.78 Å². The highest BCUT2D eigenvalue weighted by Gasteiger charge is 2.08. The van der Waals surface area contributed by atoms with Gasteiger partial charge in [0.1, 0.15) is 0 Å². The average molecular weight is 277 g/mol. The van der Waals surface area contributed by atoms with Gasteiger partial charge in [0.25, 0.3) is 0 Å². The first-order valence-electron chi connectivity index (χ1n) is 4.42. The van der Waals surface area contributed by atoms with Crippen LogP contribution in [0.3, 0.4) is 0 Å².